The second-order valence-electron chi connectivity index (χ2n) is 3.37. The van der Waals surface area contributed by atoms with Crippen LogP contribution in [0.1, 0.15) is 25.8 Å². The summed E-state index contributed by atoms with van der Waals surface area (Å²) in [4.78, 5) is 11.4. The Balaban J connectivity index is 2.42. The fraction of sp³-hybridized carbons (Fsp3) is 0.417. The van der Waals surface area contributed by atoms with Crippen molar-refractivity contribution in [2.45, 2.75) is 32.8 Å². The van der Waals surface area contributed by atoms with Crippen LogP contribution in [0.4, 0.5) is 0 Å². The largest absolute Gasteiger partial charge is 0.462 e. The maximum Gasteiger partial charge on any atom is 0.310 e. The molecule has 14 heavy (non-hydrogen) atoms. The lowest BCUT2D eigenvalue weighted by Crippen LogP contribution is -2.15. The number of carbonyl (C=O) groups excluding carboxylic acids is 1. The van der Waals surface area contributed by atoms with Crippen LogP contribution in [0, 0.1) is 0 Å². The molecule has 2 nitrogen and oxygen atoms in total. The Hall–Kier alpha value is -1.31. The standard InChI is InChI=1S/C12H16O2/c1-3-10(2)14-12(13)9-11-7-5-4-6-8-11/h4-8,10H,3,9H2,1-2H3/t10-/m0/s1. The molecule has 0 unspecified atom stereocenters. The number of hydrogen-bond acceptors (Lipinski definition) is 2. The Morgan fingerprint density at radius 2 is 2.00 bits per heavy atom. The van der Waals surface area contributed by atoms with Crippen LogP contribution in [0.25, 0.3) is 0 Å². The maximum absolute atomic E-state index is 11.4. The Kier molecular flexibility index (Phi) is 4.17. The molecule has 0 saturated heterocycles. The SMILES string of the molecule is CC[C@H](C)OC(=O)Cc1ccccc1. The molecule has 0 bridgehead atoms. The Morgan fingerprint density at radius 3 is 2.57 bits per heavy atom. The van der Waals surface area contributed by atoms with Gasteiger partial charge in [0, 0.05) is 0 Å². The normalized spacial score (nSPS) is 12.1. The summed E-state index contributed by atoms with van der Waals surface area (Å²) in [6.45, 7) is 3.91. The summed E-state index contributed by atoms with van der Waals surface area (Å²) in [7, 11) is 0. The Morgan fingerprint density at radius 1 is 1.36 bits per heavy atom. The number of benzene rings is 1. The summed E-state index contributed by atoms with van der Waals surface area (Å²) in [6.07, 6.45) is 1.25. The second-order valence-corrected chi connectivity index (χ2v) is 3.37. The molecule has 0 aromatic heterocycles. The van der Waals surface area contributed by atoms with Gasteiger partial charge in [0.15, 0.2) is 0 Å². The molecule has 0 radical (unpaired) electrons. The van der Waals surface area contributed by atoms with E-state index in [9.17, 15) is 4.79 Å². The van der Waals surface area contributed by atoms with Gasteiger partial charge in [-0.15, -0.1) is 0 Å². The van der Waals surface area contributed by atoms with Crippen LogP contribution in [0.15, 0.2) is 30.3 Å². The average Bonchev–Trinajstić information content (AvgIpc) is 2.19. The molecule has 0 amide bonds. The van der Waals surface area contributed by atoms with Gasteiger partial charge in [0.05, 0.1) is 12.5 Å². The van der Waals surface area contributed by atoms with Crippen molar-refractivity contribution in [3.05, 3.63) is 35.9 Å². The van der Waals surface area contributed by atoms with E-state index in [2.05, 4.69) is 0 Å². The number of rotatable bonds is 4. The van der Waals surface area contributed by atoms with E-state index >= 15 is 0 Å². The fourth-order valence-corrected chi connectivity index (χ4v) is 1.11. The Labute approximate surface area is 84.9 Å². The highest BCUT2D eigenvalue weighted by Gasteiger charge is 2.07. The van der Waals surface area contributed by atoms with Crippen molar-refractivity contribution in [2.24, 2.45) is 0 Å². The first-order valence-electron chi connectivity index (χ1n) is 4.95. The number of esters is 1. The van der Waals surface area contributed by atoms with Crippen molar-refractivity contribution in [2.75, 3.05) is 0 Å². The van der Waals surface area contributed by atoms with E-state index in [4.69, 9.17) is 4.74 Å². The zero-order valence-electron chi connectivity index (χ0n) is 8.69. The molecule has 0 N–H and O–H groups in total. The van der Waals surface area contributed by atoms with E-state index in [0.29, 0.717) is 6.42 Å². The van der Waals surface area contributed by atoms with E-state index in [1.165, 1.54) is 0 Å². The molecule has 1 aromatic rings. The fourth-order valence-electron chi connectivity index (χ4n) is 1.11. The van der Waals surface area contributed by atoms with E-state index in [1.807, 2.05) is 44.2 Å². The van der Waals surface area contributed by atoms with Crippen LogP contribution in [-0.2, 0) is 16.0 Å². The monoisotopic (exact) mass is 192 g/mol. The van der Waals surface area contributed by atoms with Gasteiger partial charge in [0.25, 0.3) is 0 Å². The van der Waals surface area contributed by atoms with Crippen molar-refractivity contribution in [3.8, 4) is 0 Å². The van der Waals surface area contributed by atoms with Crippen LogP contribution < -0.4 is 0 Å². The van der Waals surface area contributed by atoms with Gasteiger partial charge in [-0.1, -0.05) is 37.3 Å². The lowest BCUT2D eigenvalue weighted by molar-refractivity contribution is -0.147. The molecule has 0 heterocycles. The quantitative estimate of drug-likeness (QED) is 0.685. The molecule has 0 saturated carbocycles. The predicted octanol–water partition coefficient (Wildman–Crippen LogP) is 2.57. The molecular weight excluding hydrogens is 176 g/mol. The van der Waals surface area contributed by atoms with Crippen molar-refractivity contribution in [1.82, 2.24) is 0 Å². The highest BCUT2D eigenvalue weighted by Crippen LogP contribution is 2.03. The lowest BCUT2D eigenvalue weighted by Gasteiger charge is -2.10. The Bertz CT molecular complexity index is 280. The zero-order valence-corrected chi connectivity index (χ0v) is 8.69. The van der Waals surface area contributed by atoms with Crippen LogP contribution >= 0.6 is 0 Å². The topological polar surface area (TPSA) is 26.3 Å². The molecule has 1 rings (SSSR count). The smallest absolute Gasteiger partial charge is 0.310 e. The average molecular weight is 192 g/mol. The van der Waals surface area contributed by atoms with Gasteiger partial charge in [-0.3, -0.25) is 4.79 Å². The molecule has 1 aromatic carbocycles. The van der Waals surface area contributed by atoms with Gasteiger partial charge < -0.3 is 4.74 Å². The summed E-state index contributed by atoms with van der Waals surface area (Å²) in [6, 6.07) is 9.64. The lowest BCUT2D eigenvalue weighted by atomic mass is 10.1. The molecule has 0 aliphatic heterocycles. The third kappa shape index (κ3) is 3.60. The molecule has 2 heteroatoms. The summed E-state index contributed by atoms with van der Waals surface area (Å²) >= 11 is 0. The van der Waals surface area contributed by atoms with E-state index in [1.54, 1.807) is 0 Å². The van der Waals surface area contributed by atoms with Crippen molar-refractivity contribution in [1.29, 1.82) is 0 Å². The highest BCUT2D eigenvalue weighted by atomic mass is 16.5. The predicted molar refractivity (Wildman–Crippen MR) is 56.0 cm³/mol. The first kappa shape index (κ1) is 10.8. The minimum atomic E-state index is -0.148. The van der Waals surface area contributed by atoms with Gasteiger partial charge in [0.2, 0.25) is 0 Å². The number of hydrogen-bond donors (Lipinski definition) is 0. The second kappa shape index (κ2) is 5.43. The van der Waals surface area contributed by atoms with Crippen LogP contribution in [0.2, 0.25) is 0 Å². The van der Waals surface area contributed by atoms with Gasteiger partial charge in [-0.05, 0) is 18.9 Å². The van der Waals surface area contributed by atoms with Crippen LogP contribution in [-0.4, -0.2) is 12.1 Å². The maximum atomic E-state index is 11.4. The summed E-state index contributed by atoms with van der Waals surface area (Å²) in [5.74, 6) is -0.148. The molecular formula is C12H16O2. The highest BCUT2D eigenvalue weighted by molar-refractivity contribution is 5.72. The van der Waals surface area contributed by atoms with E-state index in [0.717, 1.165) is 12.0 Å². The minimum Gasteiger partial charge on any atom is -0.462 e. The zero-order chi connectivity index (χ0) is 10.4. The molecule has 76 valence electrons. The van der Waals surface area contributed by atoms with Gasteiger partial charge >= 0.3 is 5.97 Å². The number of carbonyl (C=O) groups is 1. The summed E-state index contributed by atoms with van der Waals surface area (Å²) in [5.41, 5.74) is 1.00. The molecule has 1 atom stereocenters. The van der Waals surface area contributed by atoms with Crippen LogP contribution in [0.5, 0.6) is 0 Å². The summed E-state index contributed by atoms with van der Waals surface area (Å²) < 4.78 is 5.16. The van der Waals surface area contributed by atoms with E-state index in [-0.39, 0.29) is 12.1 Å². The van der Waals surface area contributed by atoms with Crippen molar-refractivity contribution >= 4 is 5.97 Å². The van der Waals surface area contributed by atoms with Gasteiger partial charge in [0.1, 0.15) is 0 Å². The molecule has 0 aliphatic rings. The van der Waals surface area contributed by atoms with E-state index < -0.39 is 0 Å². The first-order valence-corrected chi connectivity index (χ1v) is 4.95. The third-order valence-corrected chi connectivity index (χ3v) is 2.10. The number of ether oxygens (including phenoxy) is 1. The molecule has 0 spiro atoms. The molecule has 0 fully saturated rings. The third-order valence-electron chi connectivity index (χ3n) is 2.10. The van der Waals surface area contributed by atoms with Gasteiger partial charge in [-0.25, -0.2) is 0 Å². The van der Waals surface area contributed by atoms with Crippen molar-refractivity contribution < 1.29 is 9.53 Å². The minimum absolute atomic E-state index is 0.0196. The first-order chi connectivity index (χ1) is 6.72. The van der Waals surface area contributed by atoms with Crippen LogP contribution in [0.3, 0.4) is 0 Å². The molecule has 0 aliphatic carbocycles. The van der Waals surface area contributed by atoms with Crippen molar-refractivity contribution in [3.63, 3.8) is 0 Å². The summed E-state index contributed by atoms with van der Waals surface area (Å²) in [5, 5.41) is 0. The van der Waals surface area contributed by atoms with Gasteiger partial charge in [-0.2, -0.15) is 0 Å².